The third-order valence-corrected chi connectivity index (χ3v) is 5.15. The van der Waals surface area contributed by atoms with Crippen molar-refractivity contribution in [3.05, 3.63) is 58.6 Å². The third kappa shape index (κ3) is 5.48. The van der Waals surface area contributed by atoms with Crippen LogP contribution < -0.4 is 5.32 Å². The lowest BCUT2D eigenvalue weighted by Crippen LogP contribution is -2.15. The molecule has 1 heterocycles. The molecule has 1 amide bonds. The topological polar surface area (TPSA) is 69.0 Å². The number of thioether (sulfide) groups is 1. The zero-order valence-electron chi connectivity index (χ0n) is 15.1. The lowest BCUT2D eigenvalue weighted by atomic mass is 10.2. The van der Waals surface area contributed by atoms with Crippen LogP contribution in [0.15, 0.2) is 53.7 Å². The highest BCUT2D eigenvalue weighted by atomic mass is 35.5. The van der Waals surface area contributed by atoms with Gasteiger partial charge in [0, 0.05) is 28.4 Å². The van der Waals surface area contributed by atoms with E-state index in [0.717, 1.165) is 11.4 Å². The van der Waals surface area contributed by atoms with E-state index in [1.54, 1.807) is 25.3 Å². The lowest BCUT2D eigenvalue weighted by molar-refractivity contribution is -0.113. The van der Waals surface area contributed by atoms with E-state index in [0.29, 0.717) is 34.0 Å². The maximum absolute atomic E-state index is 12.3. The molecular weight excluding hydrogens is 419 g/mol. The van der Waals surface area contributed by atoms with E-state index in [1.165, 1.54) is 11.8 Å². The van der Waals surface area contributed by atoms with Gasteiger partial charge in [0.1, 0.15) is 0 Å². The number of ether oxygens (including phenoxy) is 1. The van der Waals surface area contributed by atoms with E-state index in [4.69, 9.17) is 27.9 Å². The minimum atomic E-state index is -0.189. The number of halogens is 2. The summed E-state index contributed by atoms with van der Waals surface area (Å²) < 4.78 is 7.15. The fraction of sp³-hybridized carbons (Fsp3) is 0.211. The van der Waals surface area contributed by atoms with Crippen LogP contribution in [0, 0.1) is 0 Å². The summed E-state index contributed by atoms with van der Waals surface area (Å²) in [5.41, 5.74) is 1.50. The first kappa shape index (κ1) is 20.7. The Labute approximate surface area is 177 Å². The number of hydrogen-bond donors (Lipinski definition) is 1. The standard InChI is InChI=1S/C19H18Cl2N4O2S/c1-27-8-7-25-18(13-5-3-2-4-6-13)23-24-19(25)28-12-17(26)22-16-10-14(20)9-15(21)11-16/h2-6,9-11H,7-8,12H2,1H3,(H,22,26). The number of amides is 1. The van der Waals surface area contributed by atoms with Gasteiger partial charge in [-0.2, -0.15) is 0 Å². The van der Waals surface area contributed by atoms with Crippen LogP contribution in [0.3, 0.4) is 0 Å². The van der Waals surface area contributed by atoms with Crippen molar-refractivity contribution in [1.29, 1.82) is 0 Å². The van der Waals surface area contributed by atoms with Crippen LogP contribution in [-0.4, -0.2) is 40.1 Å². The Morgan fingerprint density at radius 1 is 1.14 bits per heavy atom. The average molecular weight is 437 g/mol. The van der Waals surface area contributed by atoms with Gasteiger partial charge in [0.25, 0.3) is 0 Å². The first-order chi connectivity index (χ1) is 13.6. The largest absolute Gasteiger partial charge is 0.383 e. The molecule has 146 valence electrons. The summed E-state index contributed by atoms with van der Waals surface area (Å²) in [6.45, 7) is 1.10. The molecule has 0 saturated carbocycles. The molecule has 9 heteroatoms. The first-order valence-electron chi connectivity index (χ1n) is 8.43. The lowest BCUT2D eigenvalue weighted by Gasteiger charge is -2.10. The number of nitrogens with one attached hydrogen (secondary N) is 1. The van der Waals surface area contributed by atoms with Gasteiger partial charge in [-0.3, -0.25) is 9.36 Å². The number of anilines is 1. The summed E-state index contributed by atoms with van der Waals surface area (Å²) in [7, 11) is 1.64. The monoisotopic (exact) mass is 436 g/mol. The van der Waals surface area contributed by atoms with Crippen molar-refractivity contribution >= 4 is 46.6 Å². The fourth-order valence-corrected chi connectivity index (χ4v) is 3.82. The molecule has 0 spiro atoms. The SMILES string of the molecule is COCCn1c(SCC(=O)Nc2cc(Cl)cc(Cl)c2)nnc1-c1ccccc1. The Bertz CT molecular complexity index is 930. The van der Waals surface area contributed by atoms with Crippen molar-refractivity contribution in [2.75, 3.05) is 24.8 Å². The summed E-state index contributed by atoms with van der Waals surface area (Å²) in [6.07, 6.45) is 0. The Morgan fingerprint density at radius 2 is 1.86 bits per heavy atom. The number of rotatable bonds is 8. The van der Waals surface area contributed by atoms with Gasteiger partial charge in [-0.05, 0) is 18.2 Å². The van der Waals surface area contributed by atoms with Gasteiger partial charge >= 0.3 is 0 Å². The molecule has 0 aliphatic heterocycles. The van der Waals surface area contributed by atoms with Crippen molar-refractivity contribution in [1.82, 2.24) is 14.8 Å². The van der Waals surface area contributed by atoms with E-state index in [1.807, 2.05) is 34.9 Å². The predicted molar refractivity (Wildman–Crippen MR) is 113 cm³/mol. The second kappa shape index (κ2) is 9.93. The predicted octanol–water partition coefficient (Wildman–Crippen LogP) is 4.63. The quantitative estimate of drug-likeness (QED) is 0.521. The Balaban J connectivity index is 1.71. The van der Waals surface area contributed by atoms with Crippen LogP contribution >= 0.6 is 35.0 Å². The molecule has 0 bridgehead atoms. The molecule has 6 nitrogen and oxygen atoms in total. The van der Waals surface area contributed by atoms with Crippen molar-refractivity contribution in [3.63, 3.8) is 0 Å². The van der Waals surface area contributed by atoms with E-state index in [-0.39, 0.29) is 11.7 Å². The van der Waals surface area contributed by atoms with Crippen LogP contribution in [-0.2, 0) is 16.1 Å². The first-order valence-corrected chi connectivity index (χ1v) is 10.2. The van der Waals surface area contributed by atoms with Gasteiger partial charge < -0.3 is 10.1 Å². The molecule has 0 saturated heterocycles. The fourth-order valence-electron chi connectivity index (χ4n) is 2.53. The summed E-state index contributed by atoms with van der Waals surface area (Å²) in [5.74, 6) is 0.720. The number of aromatic nitrogens is 3. The minimum Gasteiger partial charge on any atom is -0.383 e. The van der Waals surface area contributed by atoms with Crippen LogP contribution in [0.25, 0.3) is 11.4 Å². The van der Waals surface area contributed by atoms with Gasteiger partial charge in [-0.1, -0.05) is 65.3 Å². The number of benzene rings is 2. The summed E-state index contributed by atoms with van der Waals surface area (Å²) in [6, 6.07) is 14.7. The minimum absolute atomic E-state index is 0.171. The van der Waals surface area contributed by atoms with Crippen molar-refractivity contribution in [2.45, 2.75) is 11.7 Å². The van der Waals surface area contributed by atoms with Crippen LogP contribution in [0.2, 0.25) is 10.0 Å². The third-order valence-electron chi connectivity index (χ3n) is 3.75. The highest BCUT2D eigenvalue weighted by molar-refractivity contribution is 7.99. The van der Waals surface area contributed by atoms with Gasteiger partial charge in [0.05, 0.1) is 18.9 Å². The van der Waals surface area contributed by atoms with Crippen molar-refractivity contribution < 1.29 is 9.53 Å². The van der Waals surface area contributed by atoms with Gasteiger partial charge in [-0.25, -0.2) is 0 Å². The number of carbonyl (C=O) groups excluding carboxylic acids is 1. The molecule has 2 aromatic carbocycles. The molecular formula is C19H18Cl2N4O2S. The molecule has 0 unspecified atom stereocenters. The Morgan fingerprint density at radius 3 is 2.54 bits per heavy atom. The second-order valence-electron chi connectivity index (χ2n) is 5.81. The van der Waals surface area contributed by atoms with E-state index in [2.05, 4.69) is 15.5 Å². The molecule has 0 fully saturated rings. The van der Waals surface area contributed by atoms with Crippen molar-refractivity contribution in [3.8, 4) is 11.4 Å². The molecule has 1 aromatic heterocycles. The van der Waals surface area contributed by atoms with Gasteiger partial charge in [-0.15, -0.1) is 10.2 Å². The highest BCUT2D eigenvalue weighted by Crippen LogP contribution is 2.25. The average Bonchev–Trinajstić information content (AvgIpc) is 3.07. The molecule has 3 rings (SSSR count). The van der Waals surface area contributed by atoms with E-state index >= 15 is 0 Å². The Hall–Kier alpha value is -2.06. The van der Waals surface area contributed by atoms with Gasteiger partial charge in [0.15, 0.2) is 11.0 Å². The number of methoxy groups -OCH3 is 1. The van der Waals surface area contributed by atoms with Crippen LogP contribution in [0.1, 0.15) is 0 Å². The molecule has 0 aliphatic rings. The molecule has 28 heavy (non-hydrogen) atoms. The Kier molecular flexibility index (Phi) is 7.33. The van der Waals surface area contributed by atoms with Crippen molar-refractivity contribution in [2.24, 2.45) is 0 Å². The van der Waals surface area contributed by atoms with E-state index < -0.39 is 0 Å². The second-order valence-corrected chi connectivity index (χ2v) is 7.63. The summed E-state index contributed by atoms with van der Waals surface area (Å²) in [4.78, 5) is 12.3. The molecule has 0 atom stereocenters. The smallest absolute Gasteiger partial charge is 0.234 e. The molecule has 0 aliphatic carbocycles. The number of hydrogen-bond acceptors (Lipinski definition) is 5. The van der Waals surface area contributed by atoms with Crippen LogP contribution in [0.5, 0.6) is 0 Å². The number of carbonyl (C=O) groups is 1. The molecule has 0 radical (unpaired) electrons. The summed E-state index contributed by atoms with van der Waals surface area (Å²) in [5, 5.41) is 12.9. The normalized spacial score (nSPS) is 10.8. The molecule has 1 N–H and O–H groups in total. The number of nitrogens with zero attached hydrogens (tertiary/aromatic N) is 3. The zero-order valence-corrected chi connectivity index (χ0v) is 17.4. The molecule has 3 aromatic rings. The van der Waals surface area contributed by atoms with Crippen LogP contribution in [0.4, 0.5) is 5.69 Å². The van der Waals surface area contributed by atoms with E-state index in [9.17, 15) is 4.79 Å². The van der Waals surface area contributed by atoms with Gasteiger partial charge in [0.2, 0.25) is 5.91 Å². The maximum Gasteiger partial charge on any atom is 0.234 e. The zero-order chi connectivity index (χ0) is 19.9. The highest BCUT2D eigenvalue weighted by Gasteiger charge is 2.15. The maximum atomic E-state index is 12.3. The summed E-state index contributed by atoms with van der Waals surface area (Å²) >= 11 is 13.2.